The number of pyridine rings is 1. The van der Waals surface area contributed by atoms with Crippen molar-refractivity contribution >= 4 is 27.5 Å². The summed E-state index contributed by atoms with van der Waals surface area (Å²) in [6.45, 7) is 1.80. The van der Waals surface area contributed by atoms with Gasteiger partial charge in [0, 0.05) is 19.5 Å². The van der Waals surface area contributed by atoms with E-state index in [1.54, 1.807) is 26.1 Å². The Hall–Kier alpha value is -2.07. The van der Waals surface area contributed by atoms with Crippen molar-refractivity contribution in [2.45, 2.75) is 29.1 Å². The van der Waals surface area contributed by atoms with E-state index in [0.717, 1.165) is 35.8 Å². The van der Waals surface area contributed by atoms with Gasteiger partial charge in [-0.3, -0.25) is 4.79 Å². The van der Waals surface area contributed by atoms with E-state index in [1.165, 1.54) is 23.1 Å². The van der Waals surface area contributed by atoms with Crippen LogP contribution in [0.1, 0.15) is 24.1 Å². The van der Waals surface area contributed by atoms with Crippen molar-refractivity contribution in [2.24, 2.45) is 0 Å². The van der Waals surface area contributed by atoms with Crippen molar-refractivity contribution in [3.8, 4) is 0 Å². The Morgan fingerprint density at radius 1 is 1.18 bits per heavy atom. The molecule has 0 saturated carbocycles. The highest BCUT2D eigenvalue weighted by molar-refractivity contribution is 7.99. The van der Waals surface area contributed by atoms with E-state index in [2.05, 4.69) is 4.98 Å². The normalized spacial score (nSPS) is 13.2. The minimum Gasteiger partial charge on any atom is -0.338 e. The van der Waals surface area contributed by atoms with Gasteiger partial charge >= 0.3 is 6.18 Å². The van der Waals surface area contributed by atoms with Gasteiger partial charge in [-0.25, -0.2) is 13.4 Å². The maximum atomic E-state index is 12.5. The Balaban J connectivity index is 1.98. The monoisotopic (exact) mass is 432 g/mol. The van der Waals surface area contributed by atoms with Gasteiger partial charge in [0.25, 0.3) is 0 Å². The molecule has 0 aliphatic carbocycles. The molecule has 0 saturated heterocycles. The molecule has 1 atom stereocenters. The van der Waals surface area contributed by atoms with Crippen LogP contribution in [0.3, 0.4) is 0 Å². The van der Waals surface area contributed by atoms with Crippen LogP contribution in [0, 0.1) is 0 Å². The second-order valence-electron chi connectivity index (χ2n) is 6.19. The van der Waals surface area contributed by atoms with Crippen LogP contribution >= 0.6 is 11.8 Å². The van der Waals surface area contributed by atoms with E-state index in [-0.39, 0.29) is 22.6 Å². The molecule has 0 aliphatic rings. The molecule has 0 N–H and O–H groups in total. The second kappa shape index (κ2) is 8.52. The molecule has 1 heterocycles. The van der Waals surface area contributed by atoms with Crippen molar-refractivity contribution < 1.29 is 26.4 Å². The molecule has 0 spiro atoms. The Morgan fingerprint density at radius 3 is 2.25 bits per heavy atom. The number of aromatic nitrogens is 1. The molecule has 1 unspecified atom stereocenters. The third-order valence-electron chi connectivity index (χ3n) is 4.17. The molecular weight excluding hydrogens is 413 g/mol. The van der Waals surface area contributed by atoms with Crippen molar-refractivity contribution in [3.05, 3.63) is 53.7 Å². The van der Waals surface area contributed by atoms with Crippen molar-refractivity contribution in [1.29, 1.82) is 0 Å². The van der Waals surface area contributed by atoms with Crippen LogP contribution in [-0.2, 0) is 20.8 Å². The average molecular weight is 432 g/mol. The van der Waals surface area contributed by atoms with Crippen LogP contribution in [0.5, 0.6) is 0 Å². The van der Waals surface area contributed by atoms with E-state index in [0.29, 0.717) is 5.03 Å². The van der Waals surface area contributed by atoms with Crippen molar-refractivity contribution in [1.82, 2.24) is 9.88 Å². The fourth-order valence-electron chi connectivity index (χ4n) is 2.30. The molecule has 1 amide bonds. The molecule has 5 nitrogen and oxygen atoms in total. The molecule has 0 bridgehead atoms. The Kier molecular flexibility index (Phi) is 6.76. The van der Waals surface area contributed by atoms with E-state index < -0.39 is 21.6 Å². The number of halogens is 3. The first-order valence-corrected chi connectivity index (χ1v) is 11.0. The average Bonchev–Trinajstić information content (AvgIpc) is 2.64. The summed E-state index contributed by atoms with van der Waals surface area (Å²) in [7, 11) is -1.69. The molecule has 0 fully saturated rings. The number of nitrogens with zero attached hydrogens (tertiary/aromatic N) is 2. The Morgan fingerprint density at radius 2 is 1.79 bits per heavy atom. The van der Waals surface area contributed by atoms with Crippen LogP contribution in [0.25, 0.3) is 0 Å². The van der Waals surface area contributed by atoms with Gasteiger partial charge in [0.2, 0.25) is 5.91 Å². The largest absolute Gasteiger partial charge is 0.417 e. The third kappa shape index (κ3) is 5.71. The highest BCUT2D eigenvalue weighted by Gasteiger charge is 2.30. The number of hydrogen-bond acceptors (Lipinski definition) is 5. The molecular formula is C18H19F3N2O3S2. The second-order valence-corrected chi connectivity index (χ2v) is 9.20. The van der Waals surface area contributed by atoms with Crippen molar-refractivity contribution in [2.75, 3.05) is 19.1 Å². The third-order valence-corrected chi connectivity index (χ3v) is 6.23. The minimum atomic E-state index is -4.45. The maximum absolute atomic E-state index is 12.5. The quantitative estimate of drug-likeness (QED) is 0.650. The molecule has 2 rings (SSSR count). The summed E-state index contributed by atoms with van der Waals surface area (Å²) in [5.41, 5.74) is -0.0765. The number of hydrogen-bond donors (Lipinski definition) is 0. The summed E-state index contributed by atoms with van der Waals surface area (Å²) in [5, 5.41) is 0.319. The standard InChI is InChI=1S/C18H19F3N2O3S2/c1-12(13-4-7-15(8-5-13)28(3,25)26)23(2)17(24)11-27-16-9-6-14(10-22-16)18(19,20)21/h4-10,12H,11H2,1-3H3. The van der Waals surface area contributed by atoms with Gasteiger partial charge < -0.3 is 4.90 Å². The number of amides is 1. The van der Waals surface area contributed by atoms with Gasteiger partial charge in [0.1, 0.15) is 0 Å². The van der Waals surface area contributed by atoms with Gasteiger partial charge in [-0.05, 0) is 36.8 Å². The predicted molar refractivity (Wildman–Crippen MR) is 101 cm³/mol. The zero-order valence-electron chi connectivity index (χ0n) is 15.4. The van der Waals surface area contributed by atoms with E-state index >= 15 is 0 Å². The number of alkyl halides is 3. The van der Waals surface area contributed by atoms with Crippen LogP contribution in [0.2, 0.25) is 0 Å². The number of thioether (sulfide) groups is 1. The lowest BCUT2D eigenvalue weighted by Crippen LogP contribution is -2.31. The highest BCUT2D eigenvalue weighted by atomic mass is 32.2. The summed E-state index contributed by atoms with van der Waals surface area (Å²) >= 11 is 1.05. The van der Waals surface area contributed by atoms with Gasteiger partial charge in [0.05, 0.1) is 27.3 Å². The zero-order chi connectivity index (χ0) is 21.1. The van der Waals surface area contributed by atoms with Gasteiger partial charge in [0.15, 0.2) is 9.84 Å². The summed E-state index contributed by atoms with van der Waals surface area (Å²) < 4.78 is 60.6. The van der Waals surface area contributed by atoms with Gasteiger partial charge in [-0.2, -0.15) is 13.2 Å². The summed E-state index contributed by atoms with van der Waals surface area (Å²) in [6, 6.07) is 8.12. The highest BCUT2D eigenvalue weighted by Crippen LogP contribution is 2.29. The molecule has 0 aliphatic heterocycles. The molecule has 1 aromatic heterocycles. The van der Waals surface area contributed by atoms with Crippen LogP contribution in [-0.4, -0.2) is 43.3 Å². The molecule has 10 heteroatoms. The fraction of sp³-hybridized carbons (Fsp3) is 0.333. The smallest absolute Gasteiger partial charge is 0.338 e. The number of carbonyl (C=O) groups is 1. The SMILES string of the molecule is CC(c1ccc(S(C)(=O)=O)cc1)N(C)C(=O)CSc1ccc(C(F)(F)F)cn1. The zero-order valence-corrected chi connectivity index (χ0v) is 17.0. The maximum Gasteiger partial charge on any atom is 0.417 e. The number of rotatable bonds is 6. The number of sulfone groups is 1. The van der Waals surface area contributed by atoms with Gasteiger partial charge in [-0.1, -0.05) is 23.9 Å². The summed E-state index contributed by atoms with van der Waals surface area (Å²) in [5.74, 6) is -0.216. The summed E-state index contributed by atoms with van der Waals surface area (Å²) in [6.07, 6.45) is -2.59. The molecule has 28 heavy (non-hydrogen) atoms. The van der Waals surface area contributed by atoms with E-state index in [1.807, 2.05) is 0 Å². The minimum absolute atomic E-state index is 0.0145. The first kappa shape index (κ1) is 22.2. The van der Waals surface area contributed by atoms with Gasteiger partial charge in [-0.15, -0.1) is 0 Å². The van der Waals surface area contributed by atoms with E-state index in [9.17, 15) is 26.4 Å². The van der Waals surface area contributed by atoms with Crippen LogP contribution in [0.4, 0.5) is 13.2 Å². The topological polar surface area (TPSA) is 67.3 Å². The first-order chi connectivity index (χ1) is 12.9. The van der Waals surface area contributed by atoms with Crippen LogP contribution in [0.15, 0.2) is 52.5 Å². The Bertz CT molecular complexity index is 928. The number of benzene rings is 1. The molecule has 0 radical (unpaired) electrons. The Labute approximate surface area is 165 Å². The van der Waals surface area contributed by atoms with Crippen molar-refractivity contribution in [3.63, 3.8) is 0 Å². The van der Waals surface area contributed by atoms with E-state index in [4.69, 9.17) is 0 Å². The number of carbonyl (C=O) groups excluding carboxylic acids is 1. The van der Waals surface area contributed by atoms with Crippen LogP contribution < -0.4 is 0 Å². The molecule has 152 valence electrons. The lowest BCUT2D eigenvalue weighted by molar-refractivity contribution is -0.138. The predicted octanol–water partition coefficient (Wildman–Crippen LogP) is 3.82. The lowest BCUT2D eigenvalue weighted by Gasteiger charge is -2.25. The fourth-order valence-corrected chi connectivity index (χ4v) is 3.70. The first-order valence-electron chi connectivity index (χ1n) is 8.11. The summed E-state index contributed by atoms with van der Waals surface area (Å²) in [4.78, 5) is 17.8. The molecule has 2 aromatic rings. The molecule has 1 aromatic carbocycles. The lowest BCUT2D eigenvalue weighted by atomic mass is 10.1.